The number of carbonyl (C=O) groups is 2. The smallest absolute Gasteiger partial charge is 0.252 e. The third-order valence-electron chi connectivity index (χ3n) is 4.48. The van der Waals surface area contributed by atoms with Gasteiger partial charge in [-0.1, -0.05) is 38.1 Å². The van der Waals surface area contributed by atoms with Crippen LogP contribution in [-0.4, -0.2) is 27.2 Å². The number of nitrogens with zero attached hydrogens (tertiary/aromatic N) is 2. The first-order valence-electron chi connectivity index (χ1n) is 9.02. The van der Waals surface area contributed by atoms with Crippen LogP contribution in [0.5, 0.6) is 0 Å². The Morgan fingerprint density at radius 3 is 2.56 bits per heavy atom. The molecule has 0 saturated heterocycles. The molecule has 1 unspecified atom stereocenters. The van der Waals surface area contributed by atoms with E-state index in [-0.39, 0.29) is 17.7 Å². The van der Waals surface area contributed by atoms with Crippen LogP contribution in [0.25, 0.3) is 5.65 Å². The van der Waals surface area contributed by atoms with Crippen LogP contribution in [0.1, 0.15) is 35.5 Å². The molecule has 0 radical (unpaired) electrons. The number of imidazole rings is 1. The SMILES string of the molecule is Cc1ccccc1C(=O)NC(C(=O)NCc1cn2ccccc2n1)C(C)C. The van der Waals surface area contributed by atoms with Crippen LogP contribution in [0, 0.1) is 12.8 Å². The molecule has 2 N–H and O–H groups in total. The Bertz CT molecular complexity index is 928. The van der Waals surface area contributed by atoms with Gasteiger partial charge in [-0.15, -0.1) is 0 Å². The van der Waals surface area contributed by atoms with Gasteiger partial charge in [-0.25, -0.2) is 4.98 Å². The minimum Gasteiger partial charge on any atom is -0.349 e. The van der Waals surface area contributed by atoms with E-state index in [2.05, 4.69) is 15.6 Å². The van der Waals surface area contributed by atoms with Gasteiger partial charge in [0.25, 0.3) is 5.91 Å². The zero-order valence-electron chi connectivity index (χ0n) is 15.8. The number of carbonyl (C=O) groups excluding carboxylic acids is 2. The van der Waals surface area contributed by atoms with Gasteiger partial charge in [0.15, 0.2) is 0 Å². The summed E-state index contributed by atoms with van der Waals surface area (Å²) in [6.45, 7) is 6.01. The molecule has 0 saturated carbocycles. The summed E-state index contributed by atoms with van der Waals surface area (Å²) in [6.07, 6.45) is 3.79. The Kier molecular flexibility index (Phi) is 5.54. The van der Waals surface area contributed by atoms with Gasteiger partial charge in [0.05, 0.1) is 12.2 Å². The van der Waals surface area contributed by atoms with Gasteiger partial charge in [0.1, 0.15) is 11.7 Å². The summed E-state index contributed by atoms with van der Waals surface area (Å²) in [6, 6.07) is 12.5. The normalized spacial score (nSPS) is 12.1. The van der Waals surface area contributed by atoms with Crippen molar-refractivity contribution in [2.45, 2.75) is 33.4 Å². The molecule has 2 heterocycles. The fraction of sp³-hybridized carbons (Fsp3) is 0.286. The molecule has 0 aliphatic carbocycles. The Hall–Kier alpha value is -3.15. The lowest BCUT2D eigenvalue weighted by molar-refractivity contribution is -0.124. The van der Waals surface area contributed by atoms with Crippen LogP contribution in [0.2, 0.25) is 0 Å². The molecule has 0 aliphatic rings. The van der Waals surface area contributed by atoms with Crippen molar-refractivity contribution in [1.82, 2.24) is 20.0 Å². The van der Waals surface area contributed by atoms with Crippen molar-refractivity contribution < 1.29 is 9.59 Å². The highest BCUT2D eigenvalue weighted by molar-refractivity contribution is 5.98. The van der Waals surface area contributed by atoms with Crippen LogP contribution in [0.3, 0.4) is 0 Å². The maximum atomic E-state index is 12.7. The first kappa shape index (κ1) is 18.6. The topological polar surface area (TPSA) is 75.5 Å². The molecular weight excluding hydrogens is 340 g/mol. The van der Waals surface area contributed by atoms with Gasteiger partial charge in [-0.05, 0) is 36.6 Å². The lowest BCUT2D eigenvalue weighted by atomic mass is 10.0. The zero-order valence-corrected chi connectivity index (χ0v) is 15.8. The van der Waals surface area contributed by atoms with E-state index in [1.807, 2.05) is 74.0 Å². The largest absolute Gasteiger partial charge is 0.349 e. The van der Waals surface area contributed by atoms with E-state index in [1.54, 1.807) is 6.07 Å². The quantitative estimate of drug-likeness (QED) is 0.706. The molecular formula is C21H24N4O2. The summed E-state index contributed by atoms with van der Waals surface area (Å²) in [7, 11) is 0. The van der Waals surface area contributed by atoms with Gasteiger partial charge in [-0.2, -0.15) is 0 Å². The molecule has 2 amide bonds. The molecule has 0 fully saturated rings. The Morgan fingerprint density at radius 2 is 1.85 bits per heavy atom. The molecule has 27 heavy (non-hydrogen) atoms. The van der Waals surface area contributed by atoms with Crippen LogP contribution in [0.4, 0.5) is 0 Å². The van der Waals surface area contributed by atoms with Crippen molar-refractivity contribution >= 4 is 17.5 Å². The van der Waals surface area contributed by atoms with Gasteiger partial charge < -0.3 is 15.0 Å². The Balaban J connectivity index is 1.66. The molecule has 1 aromatic carbocycles. The number of rotatable bonds is 6. The number of hydrogen-bond acceptors (Lipinski definition) is 3. The number of fused-ring (bicyclic) bond motifs is 1. The maximum absolute atomic E-state index is 12.7. The number of nitrogens with one attached hydrogen (secondary N) is 2. The van der Waals surface area contributed by atoms with E-state index in [4.69, 9.17) is 0 Å². The number of aryl methyl sites for hydroxylation is 1. The number of hydrogen-bond donors (Lipinski definition) is 2. The lowest BCUT2D eigenvalue weighted by Crippen LogP contribution is -2.49. The molecule has 0 bridgehead atoms. The standard InChI is InChI=1S/C21H24N4O2/c1-14(2)19(24-20(26)17-9-5-4-8-15(17)3)21(27)22-12-16-13-25-11-7-6-10-18(25)23-16/h4-11,13-14,19H,12H2,1-3H3,(H,22,27)(H,24,26). The predicted octanol–water partition coefficient (Wildman–Crippen LogP) is 2.71. The van der Waals surface area contributed by atoms with E-state index in [0.29, 0.717) is 12.1 Å². The van der Waals surface area contributed by atoms with Gasteiger partial charge >= 0.3 is 0 Å². The van der Waals surface area contributed by atoms with Crippen molar-refractivity contribution in [2.75, 3.05) is 0 Å². The van der Waals surface area contributed by atoms with Gasteiger partial charge in [0.2, 0.25) is 5.91 Å². The lowest BCUT2D eigenvalue weighted by Gasteiger charge is -2.22. The predicted molar refractivity (Wildman–Crippen MR) is 104 cm³/mol. The molecule has 2 aromatic heterocycles. The maximum Gasteiger partial charge on any atom is 0.252 e. The summed E-state index contributed by atoms with van der Waals surface area (Å²) >= 11 is 0. The fourth-order valence-corrected chi connectivity index (χ4v) is 2.94. The number of benzene rings is 1. The minimum absolute atomic E-state index is 0.0426. The van der Waals surface area contributed by atoms with Crippen LogP contribution >= 0.6 is 0 Å². The second kappa shape index (κ2) is 8.03. The second-order valence-electron chi connectivity index (χ2n) is 6.93. The molecule has 0 spiro atoms. The minimum atomic E-state index is -0.617. The molecule has 3 aromatic rings. The van der Waals surface area contributed by atoms with E-state index in [0.717, 1.165) is 16.9 Å². The molecule has 6 nitrogen and oxygen atoms in total. The third kappa shape index (κ3) is 4.34. The van der Waals surface area contributed by atoms with E-state index < -0.39 is 6.04 Å². The fourth-order valence-electron chi connectivity index (χ4n) is 2.94. The second-order valence-corrected chi connectivity index (χ2v) is 6.93. The highest BCUT2D eigenvalue weighted by atomic mass is 16.2. The summed E-state index contributed by atoms with van der Waals surface area (Å²) in [5.74, 6) is -0.502. The Morgan fingerprint density at radius 1 is 1.11 bits per heavy atom. The average molecular weight is 364 g/mol. The number of aromatic nitrogens is 2. The van der Waals surface area contributed by atoms with Crippen molar-refractivity contribution in [3.8, 4) is 0 Å². The van der Waals surface area contributed by atoms with Crippen LogP contribution in [-0.2, 0) is 11.3 Å². The summed E-state index contributed by atoms with van der Waals surface area (Å²) in [5.41, 5.74) is 3.05. The third-order valence-corrected chi connectivity index (χ3v) is 4.48. The van der Waals surface area contributed by atoms with Crippen LogP contribution < -0.4 is 10.6 Å². The molecule has 6 heteroatoms. The van der Waals surface area contributed by atoms with E-state index in [9.17, 15) is 9.59 Å². The van der Waals surface area contributed by atoms with Crippen LogP contribution in [0.15, 0.2) is 54.9 Å². The zero-order chi connectivity index (χ0) is 19.4. The van der Waals surface area contributed by atoms with Gasteiger partial charge in [-0.3, -0.25) is 9.59 Å². The molecule has 0 aliphatic heterocycles. The molecule has 140 valence electrons. The number of amides is 2. The highest BCUT2D eigenvalue weighted by Gasteiger charge is 2.25. The monoisotopic (exact) mass is 364 g/mol. The Labute approximate surface area is 158 Å². The molecule has 3 rings (SSSR count). The van der Waals surface area contributed by atoms with Crippen molar-refractivity contribution in [2.24, 2.45) is 5.92 Å². The molecule has 1 atom stereocenters. The summed E-state index contributed by atoms with van der Waals surface area (Å²) in [4.78, 5) is 29.7. The van der Waals surface area contributed by atoms with Crippen molar-refractivity contribution in [3.05, 3.63) is 71.7 Å². The number of pyridine rings is 1. The first-order valence-corrected chi connectivity index (χ1v) is 9.02. The van der Waals surface area contributed by atoms with Crippen molar-refractivity contribution in [3.63, 3.8) is 0 Å². The van der Waals surface area contributed by atoms with Crippen molar-refractivity contribution in [1.29, 1.82) is 0 Å². The summed E-state index contributed by atoms with van der Waals surface area (Å²) < 4.78 is 1.90. The summed E-state index contributed by atoms with van der Waals surface area (Å²) in [5, 5.41) is 5.74. The van der Waals surface area contributed by atoms with E-state index in [1.165, 1.54) is 0 Å². The van der Waals surface area contributed by atoms with E-state index >= 15 is 0 Å². The average Bonchev–Trinajstić information content (AvgIpc) is 3.07. The van der Waals surface area contributed by atoms with Gasteiger partial charge in [0, 0.05) is 18.0 Å². The first-order chi connectivity index (χ1) is 13.0. The highest BCUT2D eigenvalue weighted by Crippen LogP contribution is 2.10.